The second kappa shape index (κ2) is 18.3. The smallest absolute Gasteiger partial charge is 0.223 e. The van der Waals surface area contributed by atoms with Crippen LogP contribution in [0, 0.1) is 11.8 Å². The lowest BCUT2D eigenvalue weighted by molar-refractivity contribution is -0.126. The molecule has 0 aliphatic carbocycles. The SMILES string of the molecule is CCCC[C@H](CC)C(=O)NCCCN1CCN(CCCNC(=O)[C@@H](CC)CCCC)CC1. The molecular formula is C26H52N4O2. The van der Waals surface area contributed by atoms with E-state index in [1.54, 1.807) is 0 Å². The number of amides is 2. The van der Waals surface area contributed by atoms with Gasteiger partial charge >= 0.3 is 0 Å². The standard InChI is InChI=1S/C26H52N4O2/c1-5-9-13-23(7-3)25(31)27-15-11-17-29-19-21-30(22-20-29)18-12-16-28-26(32)24(8-4)14-10-6-2/h23-24H,5-22H2,1-4H3,(H,27,31)(H,28,32)/t23-,24-/m0/s1. The fourth-order valence-electron chi connectivity index (χ4n) is 4.50. The molecule has 0 aromatic carbocycles. The van der Waals surface area contributed by atoms with E-state index in [0.29, 0.717) is 0 Å². The lowest BCUT2D eigenvalue weighted by atomic mass is 9.98. The van der Waals surface area contributed by atoms with E-state index in [-0.39, 0.29) is 23.7 Å². The Morgan fingerprint density at radius 1 is 0.656 bits per heavy atom. The highest BCUT2D eigenvalue weighted by atomic mass is 16.2. The molecule has 0 unspecified atom stereocenters. The van der Waals surface area contributed by atoms with Crippen LogP contribution in [0.15, 0.2) is 0 Å². The van der Waals surface area contributed by atoms with E-state index in [1.165, 1.54) is 0 Å². The fourth-order valence-corrected chi connectivity index (χ4v) is 4.50. The molecule has 0 radical (unpaired) electrons. The highest BCUT2D eigenvalue weighted by Crippen LogP contribution is 2.13. The minimum atomic E-state index is 0.187. The van der Waals surface area contributed by atoms with Crippen LogP contribution >= 0.6 is 0 Å². The summed E-state index contributed by atoms with van der Waals surface area (Å²) < 4.78 is 0. The highest BCUT2D eigenvalue weighted by molar-refractivity contribution is 5.78. The molecule has 0 aromatic rings. The molecule has 1 heterocycles. The van der Waals surface area contributed by atoms with Gasteiger partial charge in [0.1, 0.15) is 0 Å². The summed E-state index contributed by atoms with van der Waals surface area (Å²) in [5.74, 6) is 0.863. The molecule has 188 valence electrons. The molecular weight excluding hydrogens is 400 g/mol. The van der Waals surface area contributed by atoms with Crippen LogP contribution < -0.4 is 10.6 Å². The van der Waals surface area contributed by atoms with Crippen LogP contribution in [0.1, 0.15) is 91.9 Å². The van der Waals surface area contributed by atoms with Crippen molar-refractivity contribution in [2.24, 2.45) is 11.8 Å². The minimum absolute atomic E-state index is 0.187. The maximum absolute atomic E-state index is 12.3. The summed E-state index contributed by atoms with van der Waals surface area (Å²) >= 11 is 0. The van der Waals surface area contributed by atoms with Gasteiger partial charge in [0.2, 0.25) is 11.8 Å². The summed E-state index contributed by atoms with van der Waals surface area (Å²) in [6.45, 7) is 16.7. The third-order valence-corrected chi connectivity index (χ3v) is 6.91. The van der Waals surface area contributed by atoms with E-state index < -0.39 is 0 Å². The van der Waals surface area contributed by atoms with E-state index in [0.717, 1.165) is 117 Å². The van der Waals surface area contributed by atoms with Gasteiger partial charge in [-0.3, -0.25) is 9.59 Å². The monoisotopic (exact) mass is 452 g/mol. The molecule has 6 nitrogen and oxygen atoms in total. The zero-order valence-electron chi connectivity index (χ0n) is 21.6. The molecule has 6 heteroatoms. The summed E-state index contributed by atoms with van der Waals surface area (Å²) in [5.41, 5.74) is 0. The van der Waals surface area contributed by atoms with Crippen molar-refractivity contribution in [3.63, 3.8) is 0 Å². The van der Waals surface area contributed by atoms with Crippen LogP contribution in [0.2, 0.25) is 0 Å². The number of carbonyl (C=O) groups is 2. The Hall–Kier alpha value is -1.14. The average Bonchev–Trinajstić information content (AvgIpc) is 2.81. The van der Waals surface area contributed by atoms with Gasteiger partial charge in [0.15, 0.2) is 0 Å². The Morgan fingerprint density at radius 2 is 1.03 bits per heavy atom. The summed E-state index contributed by atoms with van der Waals surface area (Å²) in [4.78, 5) is 29.6. The van der Waals surface area contributed by atoms with Crippen molar-refractivity contribution < 1.29 is 9.59 Å². The van der Waals surface area contributed by atoms with Crippen molar-refractivity contribution in [3.8, 4) is 0 Å². The topological polar surface area (TPSA) is 64.7 Å². The Bertz CT molecular complexity index is 448. The van der Waals surface area contributed by atoms with Gasteiger partial charge in [-0.1, -0.05) is 53.4 Å². The molecule has 1 saturated heterocycles. The first-order valence-corrected chi connectivity index (χ1v) is 13.6. The lowest BCUT2D eigenvalue weighted by Gasteiger charge is -2.34. The minimum Gasteiger partial charge on any atom is -0.356 e. The second-order valence-corrected chi connectivity index (χ2v) is 9.47. The third-order valence-electron chi connectivity index (χ3n) is 6.91. The number of piperazine rings is 1. The number of nitrogens with one attached hydrogen (secondary N) is 2. The van der Waals surface area contributed by atoms with Gasteiger partial charge in [0.25, 0.3) is 0 Å². The van der Waals surface area contributed by atoms with E-state index in [4.69, 9.17) is 0 Å². The Morgan fingerprint density at radius 3 is 1.34 bits per heavy atom. The maximum Gasteiger partial charge on any atom is 0.223 e. The predicted molar refractivity (Wildman–Crippen MR) is 135 cm³/mol. The lowest BCUT2D eigenvalue weighted by Crippen LogP contribution is -2.47. The largest absolute Gasteiger partial charge is 0.356 e. The zero-order chi connectivity index (χ0) is 23.6. The molecule has 0 spiro atoms. The molecule has 0 aromatic heterocycles. The molecule has 1 rings (SSSR count). The molecule has 2 atom stereocenters. The van der Waals surface area contributed by atoms with Crippen LogP contribution in [0.3, 0.4) is 0 Å². The van der Waals surface area contributed by atoms with Crippen molar-refractivity contribution in [2.45, 2.75) is 91.9 Å². The van der Waals surface area contributed by atoms with Gasteiger partial charge in [-0.15, -0.1) is 0 Å². The predicted octanol–water partition coefficient (Wildman–Crippen LogP) is 4.05. The average molecular weight is 453 g/mol. The maximum atomic E-state index is 12.3. The van der Waals surface area contributed by atoms with Gasteiger partial charge in [-0.05, 0) is 51.6 Å². The number of hydrogen-bond acceptors (Lipinski definition) is 4. The Kier molecular flexibility index (Phi) is 16.5. The second-order valence-electron chi connectivity index (χ2n) is 9.47. The summed E-state index contributed by atoms with van der Waals surface area (Å²) in [6, 6.07) is 0. The summed E-state index contributed by atoms with van der Waals surface area (Å²) in [6.07, 6.45) is 10.6. The van der Waals surface area contributed by atoms with Gasteiger partial charge in [-0.25, -0.2) is 0 Å². The molecule has 2 N–H and O–H groups in total. The van der Waals surface area contributed by atoms with E-state index in [1.807, 2.05) is 0 Å². The van der Waals surface area contributed by atoms with Crippen LogP contribution in [0.4, 0.5) is 0 Å². The fraction of sp³-hybridized carbons (Fsp3) is 0.923. The Balaban J connectivity index is 2.09. The first-order valence-electron chi connectivity index (χ1n) is 13.6. The number of unbranched alkanes of at least 4 members (excludes halogenated alkanes) is 2. The van der Waals surface area contributed by atoms with Gasteiger partial charge < -0.3 is 20.4 Å². The van der Waals surface area contributed by atoms with Crippen molar-refractivity contribution >= 4 is 11.8 Å². The molecule has 1 fully saturated rings. The molecule has 0 saturated carbocycles. The van der Waals surface area contributed by atoms with Crippen molar-refractivity contribution in [1.82, 2.24) is 20.4 Å². The van der Waals surface area contributed by atoms with Crippen molar-refractivity contribution in [3.05, 3.63) is 0 Å². The van der Waals surface area contributed by atoms with E-state index in [2.05, 4.69) is 48.1 Å². The number of nitrogens with zero attached hydrogens (tertiary/aromatic N) is 2. The third kappa shape index (κ3) is 12.2. The Labute approximate surface area is 198 Å². The molecule has 1 aliphatic heterocycles. The van der Waals surface area contributed by atoms with Gasteiger partial charge in [-0.2, -0.15) is 0 Å². The molecule has 32 heavy (non-hydrogen) atoms. The van der Waals surface area contributed by atoms with Crippen molar-refractivity contribution in [2.75, 3.05) is 52.4 Å². The van der Waals surface area contributed by atoms with E-state index >= 15 is 0 Å². The molecule has 2 amide bonds. The first-order chi connectivity index (χ1) is 15.5. The van der Waals surface area contributed by atoms with Crippen LogP contribution in [0.5, 0.6) is 0 Å². The molecule has 1 aliphatic rings. The summed E-state index contributed by atoms with van der Waals surface area (Å²) in [7, 11) is 0. The number of carbonyl (C=O) groups excluding carboxylic acids is 2. The molecule has 0 bridgehead atoms. The van der Waals surface area contributed by atoms with Crippen molar-refractivity contribution in [1.29, 1.82) is 0 Å². The van der Waals surface area contributed by atoms with Crippen LogP contribution in [-0.4, -0.2) is 74.0 Å². The normalized spacial score (nSPS) is 17.1. The zero-order valence-corrected chi connectivity index (χ0v) is 21.6. The highest BCUT2D eigenvalue weighted by Gasteiger charge is 2.18. The van der Waals surface area contributed by atoms with E-state index in [9.17, 15) is 9.59 Å². The number of rotatable bonds is 18. The van der Waals surface area contributed by atoms with Gasteiger partial charge in [0.05, 0.1) is 0 Å². The van der Waals surface area contributed by atoms with Gasteiger partial charge in [0, 0.05) is 51.1 Å². The van der Waals surface area contributed by atoms with Crippen LogP contribution in [-0.2, 0) is 9.59 Å². The summed E-state index contributed by atoms with van der Waals surface area (Å²) in [5, 5.41) is 6.29. The van der Waals surface area contributed by atoms with Crippen LogP contribution in [0.25, 0.3) is 0 Å². The first kappa shape index (κ1) is 28.9. The number of hydrogen-bond donors (Lipinski definition) is 2. The quantitative estimate of drug-likeness (QED) is 0.308.